The molecule has 2 aliphatic rings. The second-order valence-corrected chi connectivity index (χ2v) is 11.0. The van der Waals surface area contributed by atoms with Crippen molar-refractivity contribution in [1.82, 2.24) is 14.8 Å². The van der Waals surface area contributed by atoms with Crippen molar-refractivity contribution >= 4 is 34.7 Å². The average Bonchev–Trinajstić information content (AvgIpc) is 3.74. The minimum absolute atomic E-state index is 0.171. The summed E-state index contributed by atoms with van der Waals surface area (Å²) in [5, 5.41) is 11.2. The van der Waals surface area contributed by atoms with Crippen LogP contribution >= 0.6 is 11.3 Å². The molecule has 0 spiro atoms. The number of thiophene rings is 1. The Kier molecular flexibility index (Phi) is 10.1. The fourth-order valence-corrected chi connectivity index (χ4v) is 5.91. The molecule has 0 unspecified atom stereocenters. The van der Waals surface area contributed by atoms with Gasteiger partial charge >= 0.3 is 6.03 Å². The molecule has 3 aromatic rings. The minimum Gasteiger partial charge on any atom is -0.497 e. The summed E-state index contributed by atoms with van der Waals surface area (Å²) < 4.78 is 22.1. The third-order valence-corrected chi connectivity index (χ3v) is 8.44. The van der Waals surface area contributed by atoms with Gasteiger partial charge < -0.3 is 29.2 Å². The van der Waals surface area contributed by atoms with Crippen LogP contribution in [0.1, 0.15) is 22.9 Å². The molecule has 1 fully saturated rings. The van der Waals surface area contributed by atoms with Gasteiger partial charge in [0.2, 0.25) is 0 Å². The number of hydrazone groups is 1. The first kappa shape index (κ1) is 30.3. The zero-order valence-corrected chi connectivity index (χ0v) is 25.5. The van der Waals surface area contributed by atoms with Gasteiger partial charge in [-0.15, -0.1) is 11.3 Å². The molecule has 1 aromatic heterocycles. The molecule has 1 saturated heterocycles. The van der Waals surface area contributed by atoms with E-state index in [2.05, 4.69) is 10.2 Å². The number of benzene rings is 2. The van der Waals surface area contributed by atoms with Crippen molar-refractivity contribution in [3.63, 3.8) is 0 Å². The van der Waals surface area contributed by atoms with E-state index in [-0.39, 0.29) is 12.5 Å². The fraction of sp³-hybridized carbons (Fsp3) is 0.387. The van der Waals surface area contributed by atoms with E-state index in [0.29, 0.717) is 55.7 Å². The number of para-hydroxylation sites is 2. The summed E-state index contributed by atoms with van der Waals surface area (Å²) in [7, 11) is 4.75. The summed E-state index contributed by atoms with van der Waals surface area (Å²) >= 11 is 1.57. The molecule has 3 amide bonds. The second kappa shape index (κ2) is 14.4. The van der Waals surface area contributed by atoms with Crippen LogP contribution in [0.15, 0.2) is 65.1 Å². The maximum atomic E-state index is 14.1. The highest BCUT2D eigenvalue weighted by atomic mass is 32.1. The van der Waals surface area contributed by atoms with E-state index in [1.807, 2.05) is 47.8 Å². The number of methoxy groups -OCH3 is 3. The van der Waals surface area contributed by atoms with Crippen molar-refractivity contribution in [1.29, 1.82) is 0 Å². The highest BCUT2D eigenvalue weighted by molar-refractivity contribution is 7.12. The zero-order valence-electron chi connectivity index (χ0n) is 24.7. The third kappa shape index (κ3) is 7.27. The first-order chi connectivity index (χ1) is 21.0. The number of urea groups is 1. The standard InChI is InChI=1S/C31H37N5O6S/c1-39-22-10-11-27(40-2)23(19-22)26-20-25(29-9-6-18-43-29)33-36(26)30(37)21-35(13-12-34-14-16-42-17-15-34)31(38)32-24-7-4-5-8-28(24)41-3/h4-11,18-19,26H,12-17,20-21H2,1-3H3,(H,32,38)/t26-/m0/s1. The van der Waals surface area contributed by atoms with Gasteiger partial charge in [0.25, 0.3) is 5.91 Å². The molecule has 0 bridgehead atoms. The molecule has 43 heavy (non-hydrogen) atoms. The van der Waals surface area contributed by atoms with Crippen LogP contribution in [0.5, 0.6) is 17.2 Å². The number of rotatable bonds is 11. The largest absolute Gasteiger partial charge is 0.497 e. The molecule has 1 N–H and O–H groups in total. The molecule has 2 aliphatic heterocycles. The quantitative estimate of drug-likeness (QED) is 0.346. The summed E-state index contributed by atoms with van der Waals surface area (Å²) in [6, 6.07) is 15.8. The SMILES string of the molecule is COc1ccc(OC)c([C@@H]2CC(c3cccs3)=NN2C(=O)CN(CCN2CCOCC2)C(=O)Nc2ccccc2OC)c1. The van der Waals surface area contributed by atoms with Crippen molar-refractivity contribution in [2.24, 2.45) is 5.10 Å². The van der Waals surface area contributed by atoms with E-state index >= 15 is 0 Å². The molecular weight excluding hydrogens is 570 g/mol. The number of nitrogens with zero attached hydrogens (tertiary/aromatic N) is 4. The van der Waals surface area contributed by atoms with Gasteiger partial charge in [0.15, 0.2) is 0 Å². The maximum absolute atomic E-state index is 14.1. The van der Waals surface area contributed by atoms with Crippen LogP contribution in [-0.2, 0) is 9.53 Å². The molecule has 12 heteroatoms. The van der Waals surface area contributed by atoms with Crippen LogP contribution in [0.4, 0.5) is 10.5 Å². The summed E-state index contributed by atoms with van der Waals surface area (Å²) in [4.78, 5) is 32.5. The van der Waals surface area contributed by atoms with Gasteiger partial charge in [-0.25, -0.2) is 9.80 Å². The Morgan fingerprint density at radius 2 is 1.81 bits per heavy atom. The molecule has 3 heterocycles. The van der Waals surface area contributed by atoms with Crippen molar-refractivity contribution < 1.29 is 28.5 Å². The minimum atomic E-state index is -0.437. The number of nitrogens with one attached hydrogen (secondary N) is 1. The summed E-state index contributed by atoms with van der Waals surface area (Å²) in [5.41, 5.74) is 2.11. The topological polar surface area (TPSA) is 105 Å². The molecule has 2 aromatic carbocycles. The third-order valence-electron chi connectivity index (χ3n) is 7.52. The maximum Gasteiger partial charge on any atom is 0.322 e. The smallest absolute Gasteiger partial charge is 0.322 e. The first-order valence-corrected chi connectivity index (χ1v) is 15.0. The number of hydrogen-bond acceptors (Lipinski definition) is 9. The Balaban J connectivity index is 1.42. The Bertz CT molecular complexity index is 1430. The number of anilines is 1. The number of hydrogen-bond donors (Lipinski definition) is 1. The Labute approximate surface area is 255 Å². The fourth-order valence-electron chi connectivity index (χ4n) is 5.19. The van der Waals surface area contributed by atoms with E-state index < -0.39 is 12.1 Å². The van der Waals surface area contributed by atoms with Crippen LogP contribution in [-0.4, -0.2) is 99.7 Å². The lowest BCUT2D eigenvalue weighted by molar-refractivity contribution is -0.133. The molecule has 1 atom stereocenters. The lowest BCUT2D eigenvalue weighted by atomic mass is 9.99. The van der Waals surface area contributed by atoms with Crippen LogP contribution in [0.3, 0.4) is 0 Å². The van der Waals surface area contributed by atoms with Gasteiger partial charge in [-0.05, 0) is 41.8 Å². The van der Waals surface area contributed by atoms with Crippen molar-refractivity contribution in [2.75, 3.05) is 72.6 Å². The van der Waals surface area contributed by atoms with E-state index in [1.54, 1.807) is 44.8 Å². The van der Waals surface area contributed by atoms with E-state index in [4.69, 9.17) is 24.0 Å². The number of carbonyl (C=O) groups excluding carboxylic acids is 2. The number of ether oxygens (including phenoxy) is 4. The molecule has 0 saturated carbocycles. The lowest BCUT2D eigenvalue weighted by Gasteiger charge is -2.31. The Hall–Kier alpha value is -4.13. The molecular formula is C31H37N5O6S. The summed E-state index contributed by atoms with van der Waals surface area (Å²) in [6.45, 7) is 3.61. The van der Waals surface area contributed by atoms with Gasteiger partial charge in [0, 0.05) is 38.2 Å². The molecule has 5 rings (SSSR count). The van der Waals surface area contributed by atoms with Crippen LogP contribution < -0.4 is 19.5 Å². The van der Waals surface area contributed by atoms with Crippen LogP contribution in [0, 0.1) is 0 Å². The molecule has 11 nitrogen and oxygen atoms in total. The van der Waals surface area contributed by atoms with Gasteiger partial charge in [0.1, 0.15) is 23.8 Å². The van der Waals surface area contributed by atoms with E-state index in [1.165, 1.54) is 9.91 Å². The van der Waals surface area contributed by atoms with Gasteiger partial charge in [-0.2, -0.15) is 5.10 Å². The van der Waals surface area contributed by atoms with Crippen molar-refractivity contribution in [3.8, 4) is 17.2 Å². The predicted molar refractivity (Wildman–Crippen MR) is 165 cm³/mol. The van der Waals surface area contributed by atoms with Gasteiger partial charge in [0.05, 0.1) is 56.9 Å². The number of amides is 3. The summed E-state index contributed by atoms with van der Waals surface area (Å²) in [5.74, 6) is 1.50. The first-order valence-electron chi connectivity index (χ1n) is 14.1. The highest BCUT2D eigenvalue weighted by Gasteiger charge is 2.36. The normalized spacial score (nSPS) is 16.9. The highest BCUT2D eigenvalue weighted by Crippen LogP contribution is 2.40. The van der Waals surface area contributed by atoms with Gasteiger partial charge in [-0.3, -0.25) is 9.69 Å². The molecule has 228 valence electrons. The monoisotopic (exact) mass is 607 g/mol. The summed E-state index contributed by atoms with van der Waals surface area (Å²) in [6.07, 6.45) is 0.497. The molecule has 0 aliphatic carbocycles. The van der Waals surface area contributed by atoms with Gasteiger partial charge in [-0.1, -0.05) is 18.2 Å². The Morgan fingerprint density at radius 3 is 2.53 bits per heavy atom. The average molecular weight is 608 g/mol. The van der Waals surface area contributed by atoms with E-state index in [0.717, 1.165) is 29.2 Å². The Morgan fingerprint density at radius 1 is 1.02 bits per heavy atom. The number of carbonyl (C=O) groups is 2. The van der Waals surface area contributed by atoms with E-state index in [9.17, 15) is 9.59 Å². The second-order valence-electron chi connectivity index (χ2n) is 10.1. The van der Waals surface area contributed by atoms with Crippen LogP contribution in [0.25, 0.3) is 0 Å². The number of morpholine rings is 1. The molecule has 0 radical (unpaired) electrons. The predicted octanol–water partition coefficient (Wildman–Crippen LogP) is 4.32. The van der Waals surface area contributed by atoms with Crippen molar-refractivity contribution in [2.45, 2.75) is 12.5 Å². The lowest BCUT2D eigenvalue weighted by Crippen LogP contribution is -2.47. The van der Waals surface area contributed by atoms with Crippen LogP contribution in [0.2, 0.25) is 0 Å². The van der Waals surface area contributed by atoms with Crippen molar-refractivity contribution in [3.05, 3.63) is 70.4 Å². The zero-order chi connectivity index (χ0) is 30.2.